The highest BCUT2D eigenvalue weighted by molar-refractivity contribution is 6.37. The van der Waals surface area contributed by atoms with Crippen LogP contribution in [0.25, 0.3) is 11.1 Å². The van der Waals surface area contributed by atoms with E-state index in [1.54, 1.807) is 6.07 Å². The molecule has 1 aromatic heterocycles. The zero-order chi connectivity index (χ0) is 13.6. The van der Waals surface area contributed by atoms with Crippen molar-refractivity contribution in [2.24, 2.45) is 0 Å². The van der Waals surface area contributed by atoms with E-state index in [9.17, 15) is 9.59 Å². The van der Waals surface area contributed by atoms with Gasteiger partial charge in [-0.2, -0.15) is 0 Å². The van der Waals surface area contributed by atoms with Gasteiger partial charge in [0.05, 0.1) is 10.9 Å². The Bertz CT molecular complexity index is 738. The minimum Gasteiger partial charge on any atom is -0.418 e. The van der Waals surface area contributed by atoms with E-state index < -0.39 is 11.5 Å². The molecule has 0 saturated heterocycles. The quantitative estimate of drug-likeness (QED) is 0.810. The minimum atomic E-state index is -0.600. The summed E-state index contributed by atoms with van der Waals surface area (Å²) in [5.41, 5.74) is 0.155. The zero-order valence-electron chi connectivity index (χ0n) is 9.78. The van der Waals surface area contributed by atoms with Crippen molar-refractivity contribution in [1.29, 1.82) is 0 Å². The van der Waals surface area contributed by atoms with E-state index in [1.807, 2.05) is 0 Å². The van der Waals surface area contributed by atoms with Crippen LogP contribution in [-0.2, 0) is 4.79 Å². The van der Waals surface area contributed by atoms with Crippen LogP contribution in [0.3, 0.4) is 0 Å². The predicted octanol–water partition coefficient (Wildman–Crippen LogP) is 3.33. The monoisotopic (exact) mass is 297 g/mol. The highest BCUT2D eigenvalue weighted by Crippen LogP contribution is 2.31. The van der Waals surface area contributed by atoms with Crippen LogP contribution in [0.4, 0.5) is 0 Å². The highest BCUT2D eigenvalue weighted by Gasteiger charge is 2.30. The molecule has 0 spiro atoms. The molecule has 2 aromatic rings. The van der Waals surface area contributed by atoms with Gasteiger partial charge in [0.1, 0.15) is 17.0 Å². The van der Waals surface area contributed by atoms with E-state index in [-0.39, 0.29) is 22.1 Å². The Hall–Kier alpha value is -1.39. The van der Waals surface area contributed by atoms with Crippen LogP contribution < -0.4 is 5.63 Å². The van der Waals surface area contributed by atoms with E-state index >= 15 is 0 Å². The average Bonchev–Trinajstić information content (AvgIpc) is 2.76. The zero-order valence-corrected chi connectivity index (χ0v) is 11.3. The second kappa shape index (κ2) is 4.62. The van der Waals surface area contributed by atoms with Crippen LogP contribution >= 0.6 is 23.2 Å². The lowest BCUT2D eigenvalue weighted by Gasteiger charge is -2.07. The largest absolute Gasteiger partial charge is 0.418 e. The van der Waals surface area contributed by atoms with E-state index in [0.717, 1.165) is 6.42 Å². The molecule has 1 aliphatic carbocycles. The highest BCUT2D eigenvalue weighted by atomic mass is 35.5. The first-order valence-electron chi connectivity index (χ1n) is 5.89. The molecule has 1 aromatic carbocycles. The smallest absolute Gasteiger partial charge is 0.358 e. The standard InChI is InChI=1S/C13H9Cl2NO3/c14-6-4-8(15)12-9(5-6)16-11(13(18)19-12)7-2-1-3-10(7)17/h4-5,7H,1-3H2/t7-/m0/s1. The summed E-state index contributed by atoms with van der Waals surface area (Å²) < 4.78 is 5.18. The number of fused-ring (bicyclic) bond motifs is 1. The summed E-state index contributed by atoms with van der Waals surface area (Å²) >= 11 is 11.8. The van der Waals surface area contributed by atoms with E-state index in [0.29, 0.717) is 23.4 Å². The van der Waals surface area contributed by atoms with Crippen LogP contribution in [0.1, 0.15) is 30.9 Å². The van der Waals surface area contributed by atoms with Gasteiger partial charge < -0.3 is 4.42 Å². The number of benzene rings is 1. The molecule has 0 amide bonds. The van der Waals surface area contributed by atoms with Gasteiger partial charge in [-0.05, 0) is 25.0 Å². The molecule has 1 saturated carbocycles. The summed E-state index contributed by atoms with van der Waals surface area (Å²) in [6.07, 6.45) is 1.90. The van der Waals surface area contributed by atoms with Gasteiger partial charge in [-0.3, -0.25) is 4.79 Å². The van der Waals surface area contributed by atoms with E-state index in [2.05, 4.69) is 4.98 Å². The molecule has 1 aliphatic rings. The molecule has 0 radical (unpaired) electrons. The Morgan fingerprint density at radius 3 is 2.74 bits per heavy atom. The number of ketones is 1. The number of hydrogen-bond donors (Lipinski definition) is 0. The molecule has 1 heterocycles. The summed E-state index contributed by atoms with van der Waals surface area (Å²) in [4.78, 5) is 27.9. The van der Waals surface area contributed by atoms with Gasteiger partial charge in [0.2, 0.25) is 0 Å². The maximum absolute atomic E-state index is 11.9. The second-order valence-corrected chi connectivity index (χ2v) is 5.38. The van der Waals surface area contributed by atoms with Crippen molar-refractivity contribution in [2.75, 3.05) is 0 Å². The number of hydrogen-bond acceptors (Lipinski definition) is 4. The molecule has 6 heteroatoms. The van der Waals surface area contributed by atoms with E-state index in [1.165, 1.54) is 6.07 Å². The predicted molar refractivity (Wildman–Crippen MR) is 71.9 cm³/mol. The SMILES string of the molecule is O=C1CCC[C@@H]1c1nc2cc(Cl)cc(Cl)c2oc1=O. The third-order valence-electron chi connectivity index (χ3n) is 3.27. The number of rotatable bonds is 1. The molecule has 3 rings (SSSR count). The van der Waals surface area contributed by atoms with Crippen LogP contribution in [0.2, 0.25) is 10.0 Å². The molecule has 19 heavy (non-hydrogen) atoms. The molecular formula is C13H9Cl2NO3. The maximum atomic E-state index is 11.9. The van der Waals surface area contributed by atoms with Crippen molar-refractivity contribution in [3.8, 4) is 0 Å². The third-order valence-corrected chi connectivity index (χ3v) is 3.77. The van der Waals surface area contributed by atoms with Crippen molar-refractivity contribution >= 4 is 40.1 Å². The molecule has 0 unspecified atom stereocenters. The van der Waals surface area contributed by atoms with Gasteiger partial charge in [0.15, 0.2) is 5.58 Å². The molecule has 4 nitrogen and oxygen atoms in total. The number of carbonyl (C=O) groups is 1. The second-order valence-electron chi connectivity index (χ2n) is 4.53. The topological polar surface area (TPSA) is 60.2 Å². The summed E-state index contributed by atoms with van der Waals surface area (Å²) in [6.45, 7) is 0. The van der Waals surface area contributed by atoms with Gasteiger partial charge >= 0.3 is 5.63 Å². The number of halogens is 2. The summed E-state index contributed by atoms with van der Waals surface area (Å²) in [5.74, 6) is -0.425. The Kier molecular flexibility index (Phi) is 3.07. The fourth-order valence-corrected chi connectivity index (χ4v) is 2.90. The number of nitrogens with zero attached hydrogens (tertiary/aromatic N) is 1. The Labute approximate surface area is 118 Å². The first-order valence-corrected chi connectivity index (χ1v) is 6.64. The molecular weight excluding hydrogens is 289 g/mol. The van der Waals surface area contributed by atoms with Gasteiger partial charge in [-0.15, -0.1) is 0 Å². The summed E-state index contributed by atoms with van der Waals surface area (Å²) in [5, 5.41) is 0.638. The molecule has 0 bridgehead atoms. The van der Waals surface area contributed by atoms with Crippen molar-refractivity contribution in [3.05, 3.63) is 38.3 Å². The lowest BCUT2D eigenvalue weighted by Crippen LogP contribution is -2.18. The number of aromatic nitrogens is 1. The molecule has 98 valence electrons. The normalized spacial score (nSPS) is 19.3. The Morgan fingerprint density at radius 1 is 1.26 bits per heavy atom. The van der Waals surface area contributed by atoms with Crippen molar-refractivity contribution in [3.63, 3.8) is 0 Å². The lowest BCUT2D eigenvalue weighted by molar-refractivity contribution is -0.118. The van der Waals surface area contributed by atoms with Crippen LogP contribution in [-0.4, -0.2) is 10.8 Å². The Balaban J connectivity index is 2.24. The first kappa shape index (κ1) is 12.6. The minimum absolute atomic E-state index is 0.0345. The van der Waals surface area contributed by atoms with Crippen LogP contribution in [0.15, 0.2) is 21.3 Å². The average molecular weight is 298 g/mol. The fourth-order valence-electron chi connectivity index (χ4n) is 2.38. The molecule has 0 aliphatic heterocycles. The number of Topliss-reactive ketones (excluding diaryl/α,β-unsaturated/α-hetero) is 1. The molecule has 1 fully saturated rings. The summed E-state index contributed by atoms with van der Waals surface area (Å²) in [6, 6.07) is 3.05. The molecule has 0 N–H and O–H groups in total. The third kappa shape index (κ3) is 2.15. The lowest BCUT2D eigenvalue weighted by atomic mass is 10.0. The Morgan fingerprint density at radius 2 is 2.05 bits per heavy atom. The van der Waals surface area contributed by atoms with Gasteiger partial charge in [0, 0.05) is 11.4 Å². The van der Waals surface area contributed by atoms with E-state index in [4.69, 9.17) is 27.6 Å². The van der Waals surface area contributed by atoms with Crippen molar-refractivity contribution in [1.82, 2.24) is 4.98 Å². The fraction of sp³-hybridized carbons (Fsp3) is 0.308. The van der Waals surface area contributed by atoms with Crippen molar-refractivity contribution < 1.29 is 9.21 Å². The maximum Gasteiger partial charge on any atom is 0.358 e. The summed E-state index contributed by atoms with van der Waals surface area (Å²) in [7, 11) is 0. The van der Waals surface area contributed by atoms with Gasteiger partial charge in [-0.1, -0.05) is 23.2 Å². The number of carbonyl (C=O) groups excluding carboxylic acids is 1. The van der Waals surface area contributed by atoms with Gasteiger partial charge in [0.25, 0.3) is 0 Å². The first-order chi connectivity index (χ1) is 9.06. The van der Waals surface area contributed by atoms with Crippen LogP contribution in [0, 0.1) is 0 Å². The molecule has 1 atom stereocenters. The van der Waals surface area contributed by atoms with Crippen LogP contribution in [0.5, 0.6) is 0 Å². The van der Waals surface area contributed by atoms with Gasteiger partial charge in [-0.25, -0.2) is 9.78 Å². The van der Waals surface area contributed by atoms with Crippen molar-refractivity contribution in [2.45, 2.75) is 25.2 Å².